The average molecular weight is 448 g/mol. The Hall–Kier alpha value is -2.33. The van der Waals surface area contributed by atoms with Crippen molar-refractivity contribution in [2.24, 2.45) is 0 Å². The molecule has 2 aliphatic rings. The minimum Gasteiger partial charge on any atom is -0.388 e. The smallest absolute Gasteiger partial charge is 0.223 e. The van der Waals surface area contributed by atoms with E-state index in [1.54, 1.807) is 0 Å². The number of aryl methyl sites for hydroxylation is 1. The fourth-order valence-electron chi connectivity index (χ4n) is 4.39. The molecule has 2 fully saturated rings. The van der Waals surface area contributed by atoms with Crippen LogP contribution in [0.4, 0.5) is 10.3 Å². The van der Waals surface area contributed by atoms with Crippen molar-refractivity contribution in [1.29, 1.82) is 0 Å². The molecule has 1 unspecified atom stereocenters. The van der Waals surface area contributed by atoms with Gasteiger partial charge in [0.2, 0.25) is 5.95 Å². The predicted octanol–water partition coefficient (Wildman–Crippen LogP) is 3.46. The van der Waals surface area contributed by atoms with Crippen molar-refractivity contribution in [3.8, 4) is 11.3 Å². The number of fused-ring (bicyclic) bond motifs is 3. The molecule has 0 saturated carbocycles. The van der Waals surface area contributed by atoms with Gasteiger partial charge < -0.3 is 24.5 Å². The lowest BCUT2D eigenvalue weighted by Crippen LogP contribution is -2.48. The minimum absolute atomic E-state index is 0.116. The first kappa shape index (κ1) is 20.6. The highest BCUT2D eigenvalue weighted by atomic mass is 35.5. The minimum atomic E-state index is -0.751. The number of halogens is 2. The summed E-state index contributed by atoms with van der Waals surface area (Å²) in [6.07, 6.45) is 0.453. The van der Waals surface area contributed by atoms with E-state index in [0.29, 0.717) is 46.3 Å². The van der Waals surface area contributed by atoms with E-state index >= 15 is 0 Å². The van der Waals surface area contributed by atoms with E-state index in [0.717, 1.165) is 5.82 Å². The number of aliphatic hydroxyl groups excluding tert-OH is 1. The van der Waals surface area contributed by atoms with Gasteiger partial charge in [0.15, 0.2) is 12.1 Å². The fourth-order valence-corrected chi connectivity index (χ4v) is 4.59. The van der Waals surface area contributed by atoms with E-state index in [9.17, 15) is 9.50 Å². The van der Waals surface area contributed by atoms with Gasteiger partial charge in [-0.2, -0.15) is 0 Å². The summed E-state index contributed by atoms with van der Waals surface area (Å²) < 4.78 is 27.9. The Morgan fingerprint density at radius 2 is 2.13 bits per heavy atom. The van der Waals surface area contributed by atoms with Crippen molar-refractivity contribution in [2.45, 2.75) is 57.8 Å². The maximum Gasteiger partial charge on any atom is 0.223 e. The van der Waals surface area contributed by atoms with Crippen molar-refractivity contribution in [1.82, 2.24) is 19.5 Å². The summed E-state index contributed by atoms with van der Waals surface area (Å²) in [6.45, 7) is 6.26. The van der Waals surface area contributed by atoms with Crippen LogP contribution in [0, 0.1) is 12.7 Å². The molecule has 2 saturated heterocycles. The molecule has 0 radical (unpaired) electrons. The number of ether oxygens (including phenoxy) is 2. The number of anilines is 1. The molecule has 2 bridgehead atoms. The zero-order valence-corrected chi connectivity index (χ0v) is 18.1. The van der Waals surface area contributed by atoms with Crippen LogP contribution in [-0.2, 0) is 9.47 Å². The van der Waals surface area contributed by atoms with Crippen LogP contribution in [0.2, 0.25) is 5.02 Å². The molecule has 0 aliphatic carbocycles. The molecule has 2 aliphatic heterocycles. The molecule has 4 heterocycles. The highest BCUT2D eigenvalue weighted by Gasteiger charge is 2.43. The van der Waals surface area contributed by atoms with E-state index in [4.69, 9.17) is 21.1 Å². The van der Waals surface area contributed by atoms with Crippen molar-refractivity contribution in [3.63, 3.8) is 0 Å². The molecular weight excluding hydrogens is 425 g/mol. The first-order chi connectivity index (χ1) is 14.8. The van der Waals surface area contributed by atoms with Crippen LogP contribution in [0.25, 0.3) is 22.3 Å². The lowest BCUT2D eigenvalue weighted by molar-refractivity contribution is -0.123. The molecule has 2 aromatic heterocycles. The van der Waals surface area contributed by atoms with E-state index in [1.165, 1.54) is 12.3 Å². The van der Waals surface area contributed by atoms with E-state index in [1.807, 2.05) is 31.4 Å². The molecule has 0 spiro atoms. The Bertz CT molecular complexity index is 1150. The van der Waals surface area contributed by atoms with Crippen LogP contribution in [0.1, 0.15) is 32.1 Å². The summed E-state index contributed by atoms with van der Waals surface area (Å²) in [6, 6.07) is 3.01. The molecule has 10 heteroatoms. The van der Waals surface area contributed by atoms with Gasteiger partial charge in [-0.25, -0.2) is 19.3 Å². The molecule has 2 N–H and O–H groups in total. The maximum atomic E-state index is 14.9. The second-order valence-corrected chi connectivity index (χ2v) is 8.66. The van der Waals surface area contributed by atoms with Gasteiger partial charge in [-0.15, -0.1) is 0 Å². The Kier molecular flexibility index (Phi) is 5.09. The van der Waals surface area contributed by atoms with Crippen LogP contribution in [0.3, 0.4) is 0 Å². The highest BCUT2D eigenvalue weighted by molar-refractivity contribution is 6.33. The first-order valence-electron chi connectivity index (χ1n) is 10.2. The SMILES string of the molecule is Cc1nc2c(F)cc(-c3nc(NC4C[C@H]5OC[C@H](O5)[C@H]4O)ncc3Cl)cc2n1C(C)C. The molecule has 164 valence electrons. The molecule has 0 amide bonds. The van der Waals surface area contributed by atoms with Crippen LogP contribution in [0.15, 0.2) is 18.3 Å². The largest absolute Gasteiger partial charge is 0.388 e. The van der Waals surface area contributed by atoms with Crippen molar-refractivity contribution < 1.29 is 19.0 Å². The number of aromatic nitrogens is 4. The normalized spacial score (nSPS) is 25.5. The summed E-state index contributed by atoms with van der Waals surface area (Å²) in [5.41, 5.74) is 1.92. The molecule has 5 rings (SSSR count). The standard InChI is InChI=1S/C21H23ClFN5O3/c1-9(2)28-10(3)25-19-13(23)4-11(5-15(19)28)18-12(22)7-24-21(27-18)26-14-6-17-30-8-16(31-17)20(14)29/h4-5,7,9,14,16-17,20,29H,6,8H2,1-3H3,(H,24,26,27)/t14?,16-,17-,20-/m0/s1. The van der Waals surface area contributed by atoms with Gasteiger partial charge in [-0.3, -0.25) is 0 Å². The Morgan fingerprint density at radius 1 is 1.32 bits per heavy atom. The number of rotatable bonds is 4. The van der Waals surface area contributed by atoms with Crippen molar-refractivity contribution in [2.75, 3.05) is 11.9 Å². The van der Waals surface area contributed by atoms with E-state index < -0.39 is 11.9 Å². The van der Waals surface area contributed by atoms with Gasteiger partial charge >= 0.3 is 0 Å². The lowest BCUT2D eigenvalue weighted by atomic mass is 10.0. The Balaban J connectivity index is 1.52. The number of nitrogens with zero attached hydrogens (tertiary/aromatic N) is 4. The Labute approximate surface area is 183 Å². The number of hydrogen-bond donors (Lipinski definition) is 2. The summed E-state index contributed by atoms with van der Waals surface area (Å²) in [5.74, 6) is 0.592. The predicted molar refractivity (Wildman–Crippen MR) is 113 cm³/mol. The third kappa shape index (κ3) is 3.55. The van der Waals surface area contributed by atoms with Gasteiger partial charge in [-0.1, -0.05) is 11.6 Å². The fraction of sp³-hybridized carbons (Fsp3) is 0.476. The number of imidazole rings is 1. The molecule has 3 aromatic rings. The zero-order chi connectivity index (χ0) is 21.9. The number of aliphatic hydroxyl groups is 1. The topological polar surface area (TPSA) is 94.3 Å². The summed E-state index contributed by atoms with van der Waals surface area (Å²) >= 11 is 6.38. The second-order valence-electron chi connectivity index (χ2n) is 8.25. The number of benzene rings is 1. The third-order valence-corrected chi connectivity index (χ3v) is 6.06. The number of nitrogens with one attached hydrogen (secondary N) is 1. The molecule has 1 aromatic carbocycles. The van der Waals surface area contributed by atoms with Gasteiger partial charge in [0.25, 0.3) is 0 Å². The van der Waals surface area contributed by atoms with Crippen LogP contribution >= 0.6 is 11.6 Å². The monoisotopic (exact) mass is 447 g/mol. The number of hydrogen-bond acceptors (Lipinski definition) is 7. The molecule has 4 atom stereocenters. The van der Waals surface area contributed by atoms with Gasteiger partial charge in [0.05, 0.1) is 35.1 Å². The van der Waals surface area contributed by atoms with Crippen LogP contribution in [-0.4, -0.2) is 55.8 Å². The lowest BCUT2D eigenvalue weighted by Gasteiger charge is -2.32. The van der Waals surface area contributed by atoms with E-state index in [2.05, 4.69) is 20.3 Å². The maximum absolute atomic E-state index is 14.9. The molecular formula is C21H23ClFN5O3. The van der Waals surface area contributed by atoms with Gasteiger partial charge in [0.1, 0.15) is 23.5 Å². The van der Waals surface area contributed by atoms with Gasteiger partial charge in [-0.05, 0) is 32.9 Å². The van der Waals surface area contributed by atoms with Gasteiger partial charge in [0, 0.05) is 18.0 Å². The second kappa shape index (κ2) is 7.67. The average Bonchev–Trinajstić information content (AvgIpc) is 3.28. The van der Waals surface area contributed by atoms with E-state index in [-0.39, 0.29) is 24.5 Å². The summed E-state index contributed by atoms with van der Waals surface area (Å²) in [5, 5.41) is 13.9. The van der Waals surface area contributed by atoms with Crippen molar-refractivity contribution in [3.05, 3.63) is 35.0 Å². The summed E-state index contributed by atoms with van der Waals surface area (Å²) in [4.78, 5) is 13.1. The molecule has 31 heavy (non-hydrogen) atoms. The Morgan fingerprint density at radius 3 is 2.90 bits per heavy atom. The highest BCUT2D eigenvalue weighted by Crippen LogP contribution is 2.33. The zero-order valence-electron chi connectivity index (χ0n) is 17.3. The molecule has 8 nitrogen and oxygen atoms in total. The quantitative estimate of drug-likeness (QED) is 0.632. The summed E-state index contributed by atoms with van der Waals surface area (Å²) in [7, 11) is 0. The first-order valence-corrected chi connectivity index (χ1v) is 10.6. The van der Waals surface area contributed by atoms with Crippen LogP contribution < -0.4 is 5.32 Å². The third-order valence-electron chi connectivity index (χ3n) is 5.79. The van der Waals surface area contributed by atoms with Crippen LogP contribution in [0.5, 0.6) is 0 Å². The van der Waals surface area contributed by atoms with Crippen molar-refractivity contribution >= 4 is 28.6 Å².